The quantitative estimate of drug-likeness (QED) is 0.756. The van der Waals surface area contributed by atoms with E-state index in [1.807, 2.05) is 12.2 Å². The lowest BCUT2D eigenvalue weighted by Crippen LogP contribution is -2.47. The molecule has 5 heteroatoms. The Balaban J connectivity index is 1.82. The number of likely N-dealkylation sites (tertiary alicyclic amines) is 1. The molecule has 2 rings (SSSR count). The molecule has 1 aliphatic heterocycles. The summed E-state index contributed by atoms with van der Waals surface area (Å²) in [6.07, 6.45) is 8.51. The van der Waals surface area contributed by atoms with E-state index in [1.165, 1.54) is 19.3 Å². The summed E-state index contributed by atoms with van der Waals surface area (Å²) in [5, 5.41) is 12.2. The van der Waals surface area contributed by atoms with E-state index in [0.717, 1.165) is 13.1 Å². The van der Waals surface area contributed by atoms with Gasteiger partial charge in [0.1, 0.15) is 0 Å². The Labute approximate surface area is 126 Å². The summed E-state index contributed by atoms with van der Waals surface area (Å²) in [4.78, 5) is 25.9. The Kier molecular flexibility index (Phi) is 5.79. The van der Waals surface area contributed by atoms with Crippen LogP contribution in [-0.2, 0) is 9.59 Å². The lowest BCUT2D eigenvalue weighted by molar-refractivity contribution is -0.147. The Hall–Kier alpha value is -1.36. The average molecular weight is 294 g/mol. The number of amides is 1. The highest BCUT2D eigenvalue weighted by atomic mass is 16.4. The molecule has 3 atom stereocenters. The summed E-state index contributed by atoms with van der Waals surface area (Å²) >= 11 is 0. The summed E-state index contributed by atoms with van der Waals surface area (Å²) in [5.41, 5.74) is 0. The molecule has 3 unspecified atom stereocenters. The molecule has 0 bridgehead atoms. The molecule has 118 valence electrons. The standard InChI is InChI=1S/C16H26N2O3/c1-12(18-9-5-2-6-10-18)11-17-15(19)13-7-3-4-8-14(13)16(20)21/h3-4,12-14H,2,5-11H2,1H3,(H,17,19)(H,20,21). The maximum atomic E-state index is 12.3. The van der Waals surface area contributed by atoms with Gasteiger partial charge in [-0.15, -0.1) is 0 Å². The Morgan fingerprint density at radius 2 is 1.81 bits per heavy atom. The van der Waals surface area contributed by atoms with Gasteiger partial charge in [-0.1, -0.05) is 18.6 Å². The highest BCUT2D eigenvalue weighted by Gasteiger charge is 2.34. The predicted molar refractivity (Wildman–Crippen MR) is 80.9 cm³/mol. The van der Waals surface area contributed by atoms with Gasteiger partial charge in [0, 0.05) is 12.6 Å². The second kappa shape index (κ2) is 7.59. The monoisotopic (exact) mass is 294 g/mol. The van der Waals surface area contributed by atoms with E-state index in [2.05, 4.69) is 17.1 Å². The van der Waals surface area contributed by atoms with Crippen LogP contribution in [0.2, 0.25) is 0 Å². The van der Waals surface area contributed by atoms with E-state index in [9.17, 15) is 14.7 Å². The minimum atomic E-state index is -0.872. The number of carboxylic acids is 1. The van der Waals surface area contributed by atoms with Gasteiger partial charge in [-0.05, 0) is 45.7 Å². The van der Waals surface area contributed by atoms with Crippen LogP contribution < -0.4 is 5.32 Å². The fourth-order valence-corrected chi connectivity index (χ4v) is 3.24. The topological polar surface area (TPSA) is 69.6 Å². The number of nitrogens with zero attached hydrogens (tertiary/aromatic N) is 1. The van der Waals surface area contributed by atoms with Crippen molar-refractivity contribution in [3.63, 3.8) is 0 Å². The Bertz CT molecular complexity index is 402. The zero-order valence-electron chi connectivity index (χ0n) is 12.8. The number of carbonyl (C=O) groups is 2. The number of piperidine rings is 1. The molecule has 0 aromatic carbocycles. The molecule has 21 heavy (non-hydrogen) atoms. The first-order valence-electron chi connectivity index (χ1n) is 7.99. The third kappa shape index (κ3) is 4.30. The van der Waals surface area contributed by atoms with Crippen LogP contribution in [0.25, 0.3) is 0 Å². The predicted octanol–water partition coefficient (Wildman–Crippen LogP) is 1.64. The summed E-state index contributed by atoms with van der Waals surface area (Å²) < 4.78 is 0. The van der Waals surface area contributed by atoms with Crippen LogP contribution in [0.15, 0.2) is 12.2 Å². The molecular formula is C16H26N2O3. The third-order valence-electron chi connectivity index (χ3n) is 4.67. The molecule has 0 aromatic heterocycles. The van der Waals surface area contributed by atoms with E-state index in [4.69, 9.17) is 0 Å². The number of aliphatic carboxylic acids is 1. The van der Waals surface area contributed by atoms with Crippen molar-refractivity contribution in [2.45, 2.75) is 45.1 Å². The van der Waals surface area contributed by atoms with Gasteiger partial charge in [0.25, 0.3) is 0 Å². The second-order valence-electron chi connectivity index (χ2n) is 6.18. The van der Waals surface area contributed by atoms with Gasteiger partial charge in [-0.2, -0.15) is 0 Å². The number of hydrogen-bond acceptors (Lipinski definition) is 3. The number of nitrogens with one attached hydrogen (secondary N) is 1. The number of carboxylic acid groups (broad SMARTS) is 1. The van der Waals surface area contributed by atoms with Gasteiger partial charge in [0.15, 0.2) is 0 Å². The lowest BCUT2D eigenvalue weighted by Gasteiger charge is -2.33. The largest absolute Gasteiger partial charge is 0.481 e. The molecule has 2 aliphatic rings. The van der Waals surface area contributed by atoms with E-state index in [0.29, 0.717) is 25.4 Å². The van der Waals surface area contributed by atoms with Crippen LogP contribution in [0.1, 0.15) is 39.0 Å². The zero-order valence-corrected chi connectivity index (χ0v) is 12.8. The van der Waals surface area contributed by atoms with Crippen LogP contribution in [-0.4, -0.2) is 47.6 Å². The molecule has 0 spiro atoms. The molecule has 1 amide bonds. The van der Waals surface area contributed by atoms with Crippen molar-refractivity contribution in [3.05, 3.63) is 12.2 Å². The van der Waals surface area contributed by atoms with E-state index in [1.54, 1.807) is 0 Å². The molecule has 5 nitrogen and oxygen atoms in total. The maximum absolute atomic E-state index is 12.3. The van der Waals surface area contributed by atoms with Gasteiger partial charge < -0.3 is 10.4 Å². The first kappa shape index (κ1) is 16.0. The number of allylic oxidation sites excluding steroid dienone is 2. The van der Waals surface area contributed by atoms with E-state index in [-0.39, 0.29) is 5.91 Å². The summed E-state index contributed by atoms with van der Waals surface area (Å²) in [6, 6.07) is 0.316. The number of carbonyl (C=O) groups excluding carboxylic acids is 1. The molecule has 0 saturated carbocycles. The summed E-state index contributed by atoms with van der Waals surface area (Å²) in [6.45, 7) is 4.92. The van der Waals surface area contributed by atoms with Crippen LogP contribution in [0.5, 0.6) is 0 Å². The molecule has 1 fully saturated rings. The smallest absolute Gasteiger partial charge is 0.307 e. The van der Waals surface area contributed by atoms with E-state index >= 15 is 0 Å². The van der Waals surface area contributed by atoms with Crippen molar-refractivity contribution in [2.24, 2.45) is 11.8 Å². The van der Waals surface area contributed by atoms with Crippen LogP contribution >= 0.6 is 0 Å². The summed E-state index contributed by atoms with van der Waals surface area (Å²) in [7, 11) is 0. The molecule has 0 radical (unpaired) electrons. The van der Waals surface area contributed by atoms with E-state index < -0.39 is 17.8 Å². The molecule has 1 saturated heterocycles. The fourth-order valence-electron chi connectivity index (χ4n) is 3.24. The van der Waals surface area contributed by atoms with Crippen LogP contribution in [0.3, 0.4) is 0 Å². The first-order valence-corrected chi connectivity index (χ1v) is 7.99. The first-order chi connectivity index (χ1) is 10.1. The van der Waals surface area contributed by atoms with Crippen LogP contribution in [0, 0.1) is 11.8 Å². The molecular weight excluding hydrogens is 268 g/mol. The number of hydrogen-bond donors (Lipinski definition) is 2. The van der Waals surface area contributed by atoms with Crippen molar-refractivity contribution in [1.82, 2.24) is 10.2 Å². The van der Waals surface area contributed by atoms with Crippen molar-refractivity contribution >= 4 is 11.9 Å². The Morgan fingerprint density at radius 3 is 2.43 bits per heavy atom. The van der Waals surface area contributed by atoms with Gasteiger partial charge in [-0.25, -0.2) is 0 Å². The minimum Gasteiger partial charge on any atom is -0.481 e. The second-order valence-corrected chi connectivity index (χ2v) is 6.18. The Morgan fingerprint density at radius 1 is 1.19 bits per heavy atom. The molecule has 1 aliphatic carbocycles. The normalized spacial score (nSPS) is 28.0. The van der Waals surface area contributed by atoms with Gasteiger partial charge in [0.05, 0.1) is 11.8 Å². The average Bonchev–Trinajstić information content (AvgIpc) is 2.53. The maximum Gasteiger partial charge on any atom is 0.307 e. The lowest BCUT2D eigenvalue weighted by atomic mass is 9.82. The van der Waals surface area contributed by atoms with Gasteiger partial charge in [0.2, 0.25) is 5.91 Å². The highest BCUT2D eigenvalue weighted by Crippen LogP contribution is 2.26. The van der Waals surface area contributed by atoms with Crippen molar-refractivity contribution < 1.29 is 14.7 Å². The molecule has 1 heterocycles. The van der Waals surface area contributed by atoms with Crippen molar-refractivity contribution in [3.8, 4) is 0 Å². The number of rotatable bonds is 5. The van der Waals surface area contributed by atoms with Gasteiger partial charge in [-0.3, -0.25) is 14.5 Å². The zero-order chi connectivity index (χ0) is 15.2. The van der Waals surface area contributed by atoms with Crippen molar-refractivity contribution in [2.75, 3.05) is 19.6 Å². The third-order valence-corrected chi connectivity index (χ3v) is 4.67. The highest BCUT2D eigenvalue weighted by molar-refractivity contribution is 5.85. The molecule has 0 aromatic rings. The summed E-state index contributed by atoms with van der Waals surface area (Å²) in [5.74, 6) is -2.00. The van der Waals surface area contributed by atoms with Gasteiger partial charge >= 0.3 is 5.97 Å². The molecule has 2 N–H and O–H groups in total. The SMILES string of the molecule is CC(CNC(=O)C1CC=CCC1C(=O)O)N1CCCCC1. The minimum absolute atomic E-state index is 0.115. The van der Waals surface area contributed by atoms with Crippen LogP contribution in [0.4, 0.5) is 0 Å². The fraction of sp³-hybridized carbons (Fsp3) is 0.750. The van der Waals surface area contributed by atoms with Crippen molar-refractivity contribution in [1.29, 1.82) is 0 Å².